The molecule has 1 aromatic heterocycles. The molecule has 2 aromatic rings. The highest BCUT2D eigenvalue weighted by Gasteiger charge is 2.07. The van der Waals surface area contributed by atoms with Crippen LogP contribution in [0.25, 0.3) is 0 Å². The number of halogens is 4. The zero-order valence-electron chi connectivity index (χ0n) is 8.22. The maximum atomic E-state index is 6.00. The molecule has 2 rings (SSSR count). The molecule has 0 fully saturated rings. The standard InChI is InChI=1S/C10H5Cl4N3/c11-5-3-7(13)8(4-6(5)12)15-10-2-1-9(14)16-17-10/h1-4H,(H,15,17). The van der Waals surface area contributed by atoms with Crippen molar-refractivity contribution in [2.45, 2.75) is 0 Å². The average molecular weight is 309 g/mol. The summed E-state index contributed by atoms with van der Waals surface area (Å²) < 4.78 is 0. The van der Waals surface area contributed by atoms with Gasteiger partial charge < -0.3 is 5.32 Å². The van der Waals surface area contributed by atoms with Gasteiger partial charge in [0.25, 0.3) is 0 Å². The quantitative estimate of drug-likeness (QED) is 0.807. The van der Waals surface area contributed by atoms with Crippen LogP contribution >= 0.6 is 46.4 Å². The monoisotopic (exact) mass is 307 g/mol. The fourth-order valence-electron chi connectivity index (χ4n) is 1.14. The summed E-state index contributed by atoms with van der Waals surface area (Å²) in [5.41, 5.74) is 0.595. The summed E-state index contributed by atoms with van der Waals surface area (Å²) in [6, 6.07) is 6.45. The van der Waals surface area contributed by atoms with E-state index in [-0.39, 0.29) is 0 Å². The SMILES string of the molecule is Clc1ccc(Nc2cc(Cl)c(Cl)cc2Cl)nn1. The molecule has 0 aliphatic heterocycles. The Morgan fingerprint density at radius 3 is 2.18 bits per heavy atom. The molecule has 1 aromatic carbocycles. The van der Waals surface area contributed by atoms with Crippen molar-refractivity contribution in [3.63, 3.8) is 0 Å². The molecule has 1 heterocycles. The van der Waals surface area contributed by atoms with Crippen LogP contribution in [0.1, 0.15) is 0 Å². The van der Waals surface area contributed by atoms with E-state index in [1.54, 1.807) is 24.3 Å². The van der Waals surface area contributed by atoms with Gasteiger partial charge in [-0.1, -0.05) is 46.4 Å². The van der Waals surface area contributed by atoms with E-state index in [0.29, 0.717) is 31.7 Å². The van der Waals surface area contributed by atoms with E-state index in [1.807, 2.05) is 0 Å². The summed E-state index contributed by atoms with van der Waals surface area (Å²) in [6.07, 6.45) is 0. The molecule has 1 N–H and O–H groups in total. The van der Waals surface area contributed by atoms with E-state index < -0.39 is 0 Å². The minimum absolute atomic E-state index is 0.316. The lowest BCUT2D eigenvalue weighted by atomic mass is 10.3. The summed E-state index contributed by atoms with van der Waals surface area (Å²) in [4.78, 5) is 0. The van der Waals surface area contributed by atoms with Crippen molar-refractivity contribution in [2.24, 2.45) is 0 Å². The van der Waals surface area contributed by atoms with Gasteiger partial charge in [-0.25, -0.2) is 0 Å². The normalized spacial score (nSPS) is 10.4. The first-order valence-corrected chi connectivity index (χ1v) is 5.98. The van der Waals surface area contributed by atoms with Crippen LogP contribution in [0.4, 0.5) is 11.5 Å². The maximum absolute atomic E-state index is 6.00. The fraction of sp³-hybridized carbons (Fsp3) is 0. The Kier molecular flexibility index (Phi) is 3.94. The summed E-state index contributed by atoms with van der Waals surface area (Å²) in [5.74, 6) is 0.509. The van der Waals surface area contributed by atoms with Crippen LogP contribution in [-0.4, -0.2) is 10.2 Å². The van der Waals surface area contributed by atoms with E-state index in [0.717, 1.165) is 0 Å². The highest BCUT2D eigenvalue weighted by molar-refractivity contribution is 6.44. The lowest BCUT2D eigenvalue weighted by Gasteiger charge is -2.08. The van der Waals surface area contributed by atoms with Crippen molar-refractivity contribution in [2.75, 3.05) is 5.32 Å². The number of anilines is 2. The Morgan fingerprint density at radius 1 is 0.824 bits per heavy atom. The zero-order chi connectivity index (χ0) is 12.4. The molecule has 0 spiro atoms. The molecular weight excluding hydrogens is 304 g/mol. The summed E-state index contributed by atoms with van der Waals surface area (Å²) in [5, 5.41) is 12.0. The highest BCUT2D eigenvalue weighted by Crippen LogP contribution is 2.33. The Bertz CT molecular complexity index is 542. The third kappa shape index (κ3) is 3.13. The molecule has 0 unspecified atom stereocenters. The Labute approximate surface area is 118 Å². The summed E-state index contributed by atoms with van der Waals surface area (Å²) >= 11 is 23.3. The second kappa shape index (κ2) is 5.27. The van der Waals surface area contributed by atoms with Gasteiger partial charge in [-0.2, -0.15) is 0 Å². The van der Waals surface area contributed by atoms with E-state index in [4.69, 9.17) is 46.4 Å². The first-order chi connectivity index (χ1) is 8.06. The lowest BCUT2D eigenvalue weighted by molar-refractivity contribution is 1.04. The van der Waals surface area contributed by atoms with E-state index in [1.165, 1.54) is 0 Å². The van der Waals surface area contributed by atoms with Crippen molar-refractivity contribution in [1.82, 2.24) is 10.2 Å². The van der Waals surface area contributed by atoms with Crippen molar-refractivity contribution in [1.29, 1.82) is 0 Å². The van der Waals surface area contributed by atoms with Gasteiger partial charge in [0.1, 0.15) is 0 Å². The molecule has 17 heavy (non-hydrogen) atoms. The molecule has 88 valence electrons. The van der Waals surface area contributed by atoms with Gasteiger partial charge in [-0.15, -0.1) is 10.2 Å². The second-order valence-corrected chi connectivity index (χ2v) is 4.72. The van der Waals surface area contributed by atoms with Crippen LogP contribution in [0, 0.1) is 0 Å². The van der Waals surface area contributed by atoms with Crippen LogP contribution in [0.3, 0.4) is 0 Å². The first-order valence-electron chi connectivity index (χ1n) is 4.47. The average Bonchev–Trinajstić information content (AvgIpc) is 2.29. The molecule has 0 atom stereocenters. The van der Waals surface area contributed by atoms with Gasteiger partial charge >= 0.3 is 0 Å². The number of nitrogens with one attached hydrogen (secondary N) is 1. The fourth-order valence-corrected chi connectivity index (χ4v) is 1.83. The Morgan fingerprint density at radius 2 is 1.53 bits per heavy atom. The predicted octanol–water partition coefficient (Wildman–Crippen LogP) is 4.83. The Balaban J connectivity index is 2.30. The number of benzene rings is 1. The highest BCUT2D eigenvalue weighted by atomic mass is 35.5. The Hall–Kier alpha value is -0.740. The van der Waals surface area contributed by atoms with Gasteiger partial charge in [0.05, 0.1) is 20.8 Å². The molecule has 0 aliphatic rings. The first kappa shape index (κ1) is 12.7. The molecule has 0 saturated carbocycles. The number of nitrogens with zero attached hydrogens (tertiary/aromatic N) is 2. The lowest BCUT2D eigenvalue weighted by Crippen LogP contribution is -1.96. The van der Waals surface area contributed by atoms with Gasteiger partial charge in [0.15, 0.2) is 11.0 Å². The topological polar surface area (TPSA) is 37.8 Å². The van der Waals surface area contributed by atoms with Gasteiger partial charge in [-0.05, 0) is 24.3 Å². The minimum Gasteiger partial charge on any atom is -0.337 e. The van der Waals surface area contributed by atoms with Gasteiger partial charge in [0, 0.05) is 0 Å². The van der Waals surface area contributed by atoms with Crippen LogP contribution in [0.15, 0.2) is 24.3 Å². The number of aromatic nitrogens is 2. The zero-order valence-corrected chi connectivity index (χ0v) is 11.2. The largest absolute Gasteiger partial charge is 0.337 e. The molecule has 0 bridgehead atoms. The van der Waals surface area contributed by atoms with Gasteiger partial charge in [-0.3, -0.25) is 0 Å². The third-order valence-corrected chi connectivity index (χ3v) is 3.14. The molecule has 0 radical (unpaired) electrons. The number of hydrogen-bond acceptors (Lipinski definition) is 3. The predicted molar refractivity (Wildman–Crippen MR) is 71.8 cm³/mol. The van der Waals surface area contributed by atoms with Crippen LogP contribution in [-0.2, 0) is 0 Å². The van der Waals surface area contributed by atoms with Crippen LogP contribution in [0.5, 0.6) is 0 Å². The van der Waals surface area contributed by atoms with Crippen molar-refractivity contribution in [3.8, 4) is 0 Å². The molecule has 0 amide bonds. The molecule has 7 heteroatoms. The molecule has 0 saturated heterocycles. The molecular formula is C10H5Cl4N3. The number of rotatable bonds is 2. The van der Waals surface area contributed by atoms with E-state index in [2.05, 4.69) is 15.5 Å². The molecule has 3 nitrogen and oxygen atoms in total. The van der Waals surface area contributed by atoms with Crippen molar-refractivity contribution >= 4 is 57.9 Å². The smallest absolute Gasteiger partial charge is 0.153 e. The van der Waals surface area contributed by atoms with E-state index >= 15 is 0 Å². The van der Waals surface area contributed by atoms with Gasteiger partial charge in [0.2, 0.25) is 0 Å². The molecule has 0 aliphatic carbocycles. The summed E-state index contributed by atoms with van der Waals surface area (Å²) in [7, 11) is 0. The maximum Gasteiger partial charge on any atom is 0.153 e. The third-order valence-electron chi connectivity index (χ3n) is 1.90. The van der Waals surface area contributed by atoms with E-state index in [9.17, 15) is 0 Å². The van der Waals surface area contributed by atoms with Crippen molar-refractivity contribution < 1.29 is 0 Å². The number of hydrogen-bond donors (Lipinski definition) is 1. The minimum atomic E-state index is 0.316. The summed E-state index contributed by atoms with van der Waals surface area (Å²) in [6.45, 7) is 0. The second-order valence-electron chi connectivity index (χ2n) is 3.11. The van der Waals surface area contributed by atoms with Crippen LogP contribution in [0.2, 0.25) is 20.2 Å². The van der Waals surface area contributed by atoms with Crippen molar-refractivity contribution in [3.05, 3.63) is 44.5 Å². The van der Waals surface area contributed by atoms with Crippen LogP contribution < -0.4 is 5.32 Å².